The van der Waals surface area contributed by atoms with Gasteiger partial charge in [-0.05, 0) is 55.9 Å². The van der Waals surface area contributed by atoms with Crippen LogP contribution in [-0.2, 0) is 15.1 Å². The van der Waals surface area contributed by atoms with Crippen LogP contribution in [0.3, 0.4) is 0 Å². The number of ether oxygens (including phenoxy) is 1. The number of hydrogen-bond acceptors (Lipinski definition) is 4. The van der Waals surface area contributed by atoms with Crippen molar-refractivity contribution in [2.45, 2.75) is 12.0 Å². The Labute approximate surface area is 177 Å². The van der Waals surface area contributed by atoms with E-state index < -0.39 is 11.6 Å². The molecule has 0 radical (unpaired) electrons. The van der Waals surface area contributed by atoms with Crippen LogP contribution in [0.15, 0.2) is 57.5 Å². The lowest BCUT2D eigenvalue weighted by molar-refractivity contribution is -0.162. The molecule has 2 aromatic carbocycles. The van der Waals surface area contributed by atoms with Crippen LogP contribution in [0.5, 0.6) is 0 Å². The highest BCUT2D eigenvalue weighted by atomic mass is 79.9. The second kappa shape index (κ2) is 10.4. The van der Waals surface area contributed by atoms with Gasteiger partial charge in [0.1, 0.15) is 0 Å². The Bertz CT molecular complexity index is 660. The maximum atomic E-state index is 12.8. The van der Waals surface area contributed by atoms with Crippen LogP contribution in [0.2, 0.25) is 0 Å². The highest BCUT2D eigenvalue weighted by Crippen LogP contribution is 2.32. The number of carbonyl (C=O) groups excluding carboxylic acids is 1. The third-order valence-electron chi connectivity index (χ3n) is 3.80. The lowest BCUT2D eigenvalue weighted by Gasteiger charge is -2.27. The van der Waals surface area contributed by atoms with Crippen LogP contribution < -0.4 is 0 Å². The number of halogens is 3. The summed E-state index contributed by atoms with van der Waals surface area (Å²) >= 11 is 6.74. The van der Waals surface area contributed by atoms with Crippen LogP contribution in [0.25, 0.3) is 0 Å². The van der Waals surface area contributed by atoms with Crippen LogP contribution in [0.1, 0.15) is 17.5 Å². The van der Waals surface area contributed by atoms with E-state index in [4.69, 9.17) is 4.74 Å². The molecular weight excluding hydrogens is 485 g/mol. The molecule has 0 aromatic heterocycles. The molecule has 2 rings (SSSR count). The van der Waals surface area contributed by atoms with E-state index in [9.17, 15) is 9.90 Å². The van der Waals surface area contributed by atoms with Crippen molar-refractivity contribution in [3.63, 3.8) is 0 Å². The number of rotatable bonds is 7. The molecule has 142 valence electrons. The van der Waals surface area contributed by atoms with E-state index in [1.807, 2.05) is 19.0 Å². The zero-order valence-electron chi connectivity index (χ0n) is 14.6. The largest absolute Gasteiger partial charge is 0.463 e. The molecule has 0 atom stereocenters. The topological polar surface area (TPSA) is 49.8 Å². The molecule has 26 heavy (non-hydrogen) atoms. The van der Waals surface area contributed by atoms with E-state index in [1.54, 1.807) is 48.5 Å². The van der Waals surface area contributed by atoms with E-state index in [0.29, 0.717) is 17.5 Å². The molecule has 0 bridgehead atoms. The first-order valence-electron chi connectivity index (χ1n) is 7.90. The van der Waals surface area contributed by atoms with E-state index in [-0.39, 0.29) is 19.0 Å². The van der Waals surface area contributed by atoms with Crippen molar-refractivity contribution in [2.75, 3.05) is 27.2 Å². The van der Waals surface area contributed by atoms with Gasteiger partial charge >= 0.3 is 5.97 Å². The van der Waals surface area contributed by atoms with E-state index in [0.717, 1.165) is 15.5 Å². The van der Waals surface area contributed by atoms with Gasteiger partial charge in [0.25, 0.3) is 0 Å². The fourth-order valence-electron chi connectivity index (χ4n) is 2.43. The minimum atomic E-state index is -1.85. The first-order valence-corrected chi connectivity index (χ1v) is 9.49. The number of nitrogens with zero attached hydrogens (tertiary/aromatic N) is 1. The van der Waals surface area contributed by atoms with Gasteiger partial charge in [-0.1, -0.05) is 56.1 Å². The molecule has 0 saturated carbocycles. The molecule has 0 aliphatic heterocycles. The summed E-state index contributed by atoms with van der Waals surface area (Å²) in [6, 6.07) is 14.0. The molecule has 0 aliphatic rings. The van der Waals surface area contributed by atoms with Crippen molar-refractivity contribution in [1.29, 1.82) is 0 Å². The molecule has 0 aliphatic carbocycles. The minimum absolute atomic E-state index is 0. The molecule has 0 unspecified atom stereocenters. The fraction of sp³-hybridized carbons (Fsp3) is 0.316. The minimum Gasteiger partial charge on any atom is -0.463 e. The zero-order valence-corrected chi connectivity index (χ0v) is 18.6. The molecule has 0 amide bonds. The zero-order chi connectivity index (χ0) is 18.4. The molecule has 7 heteroatoms. The van der Waals surface area contributed by atoms with Gasteiger partial charge in [-0.3, -0.25) is 0 Å². The molecule has 4 nitrogen and oxygen atoms in total. The fourth-order valence-corrected chi connectivity index (χ4v) is 2.96. The average Bonchev–Trinajstić information content (AvgIpc) is 2.59. The Morgan fingerprint density at radius 2 is 1.42 bits per heavy atom. The Morgan fingerprint density at radius 1 is 1.00 bits per heavy atom. The summed E-state index contributed by atoms with van der Waals surface area (Å²) in [4.78, 5) is 14.8. The van der Waals surface area contributed by atoms with Gasteiger partial charge in [0, 0.05) is 15.5 Å². The second-order valence-electron chi connectivity index (χ2n) is 6.02. The standard InChI is InChI=1S/C19H21Br2NO3.ClH/c1-22(2)12-3-13-25-18(23)19(24,14-4-8-16(20)9-5-14)15-6-10-17(21)11-7-15;/h4-11,24H,3,12-13H2,1-2H3;1H. The monoisotopic (exact) mass is 505 g/mol. The van der Waals surface area contributed by atoms with Gasteiger partial charge in [-0.15, -0.1) is 12.4 Å². The molecule has 1 N–H and O–H groups in total. The lowest BCUT2D eigenvalue weighted by Crippen LogP contribution is -2.39. The predicted octanol–water partition coefficient (Wildman–Crippen LogP) is 4.36. The number of hydrogen-bond donors (Lipinski definition) is 1. The Balaban J connectivity index is 0.00000338. The molecule has 0 fully saturated rings. The van der Waals surface area contributed by atoms with Crippen molar-refractivity contribution in [2.24, 2.45) is 0 Å². The van der Waals surface area contributed by atoms with Gasteiger partial charge < -0.3 is 14.7 Å². The summed E-state index contributed by atoms with van der Waals surface area (Å²) in [5.74, 6) is -0.670. The maximum Gasteiger partial charge on any atom is 0.347 e. The average molecular weight is 508 g/mol. The van der Waals surface area contributed by atoms with Gasteiger partial charge in [-0.2, -0.15) is 0 Å². The summed E-state index contributed by atoms with van der Waals surface area (Å²) < 4.78 is 7.13. The predicted molar refractivity (Wildman–Crippen MR) is 113 cm³/mol. The smallest absolute Gasteiger partial charge is 0.347 e. The Hall–Kier alpha value is -0.920. The van der Waals surface area contributed by atoms with E-state index in [2.05, 4.69) is 31.9 Å². The first-order chi connectivity index (χ1) is 11.8. The summed E-state index contributed by atoms with van der Waals surface area (Å²) in [5.41, 5.74) is -0.911. The van der Waals surface area contributed by atoms with Crippen molar-refractivity contribution in [3.8, 4) is 0 Å². The molecule has 0 saturated heterocycles. The Kier molecular flexibility index (Phi) is 9.27. The third-order valence-corrected chi connectivity index (χ3v) is 4.86. The summed E-state index contributed by atoms with van der Waals surface area (Å²) in [5, 5.41) is 11.3. The number of benzene rings is 2. The number of carbonyl (C=O) groups is 1. The molecule has 0 heterocycles. The second-order valence-corrected chi connectivity index (χ2v) is 7.85. The summed E-state index contributed by atoms with van der Waals surface area (Å²) in [7, 11) is 3.92. The van der Waals surface area contributed by atoms with Crippen molar-refractivity contribution in [1.82, 2.24) is 4.90 Å². The molecule has 2 aromatic rings. The highest BCUT2D eigenvalue weighted by molar-refractivity contribution is 9.10. The quantitative estimate of drug-likeness (QED) is 0.447. The number of aliphatic hydroxyl groups is 1. The molecule has 0 spiro atoms. The SMILES string of the molecule is CN(C)CCCOC(=O)C(O)(c1ccc(Br)cc1)c1ccc(Br)cc1.Cl. The number of esters is 1. The maximum absolute atomic E-state index is 12.8. The van der Waals surface area contributed by atoms with Crippen LogP contribution in [0, 0.1) is 0 Å². The normalized spacial score (nSPS) is 11.2. The van der Waals surface area contributed by atoms with Crippen molar-refractivity contribution in [3.05, 3.63) is 68.6 Å². The van der Waals surface area contributed by atoms with Crippen molar-refractivity contribution < 1.29 is 14.6 Å². The summed E-state index contributed by atoms with van der Waals surface area (Å²) in [6.45, 7) is 1.06. The molecular formula is C19H22Br2ClNO3. The van der Waals surface area contributed by atoms with E-state index >= 15 is 0 Å². The van der Waals surface area contributed by atoms with Crippen LogP contribution >= 0.6 is 44.3 Å². The van der Waals surface area contributed by atoms with Gasteiger partial charge in [0.05, 0.1) is 6.61 Å². The third kappa shape index (κ3) is 5.79. The highest BCUT2D eigenvalue weighted by Gasteiger charge is 2.41. The van der Waals surface area contributed by atoms with E-state index in [1.165, 1.54) is 0 Å². The Morgan fingerprint density at radius 3 is 1.81 bits per heavy atom. The van der Waals surface area contributed by atoms with Crippen LogP contribution in [-0.4, -0.2) is 43.2 Å². The summed E-state index contributed by atoms with van der Waals surface area (Å²) in [6.07, 6.45) is 0.704. The lowest BCUT2D eigenvalue weighted by atomic mass is 9.86. The first kappa shape index (κ1) is 23.1. The van der Waals surface area contributed by atoms with Gasteiger partial charge in [0.15, 0.2) is 0 Å². The van der Waals surface area contributed by atoms with Crippen LogP contribution in [0.4, 0.5) is 0 Å². The van der Waals surface area contributed by atoms with Gasteiger partial charge in [-0.25, -0.2) is 4.79 Å². The van der Waals surface area contributed by atoms with Gasteiger partial charge in [0.2, 0.25) is 5.60 Å². The van der Waals surface area contributed by atoms with Crippen molar-refractivity contribution >= 4 is 50.2 Å².